The van der Waals surface area contributed by atoms with E-state index in [1.165, 1.54) is 32.1 Å². The van der Waals surface area contributed by atoms with Gasteiger partial charge in [-0.25, -0.2) is 0 Å². The number of hydrogen-bond acceptors (Lipinski definition) is 5. The minimum Gasteiger partial charge on any atom is -0.468 e. The fourth-order valence-electron chi connectivity index (χ4n) is 4.89. The van der Waals surface area contributed by atoms with Crippen LogP contribution in [0.25, 0.3) is 0 Å². The number of fused-ring (bicyclic) bond motifs is 1. The maximum absolute atomic E-state index is 13.2. The van der Waals surface area contributed by atoms with Crippen LogP contribution < -0.4 is 5.32 Å². The first-order valence-corrected chi connectivity index (χ1v) is 11.3. The molecule has 1 amide bonds. The van der Waals surface area contributed by atoms with Crippen molar-refractivity contribution in [2.24, 2.45) is 5.92 Å². The summed E-state index contributed by atoms with van der Waals surface area (Å²) in [5.74, 6) is 2.22. The second-order valence-electron chi connectivity index (χ2n) is 8.19. The average Bonchev–Trinajstić information content (AvgIpc) is 3.39. The second kappa shape index (κ2) is 8.39. The number of ketones is 1. The maximum Gasteiger partial charge on any atom is 0.234 e. The number of nitrogens with one attached hydrogen (secondary N) is 1. The highest BCUT2D eigenvalue weighted by atomic mass is 32.2. The summed E-state index contributed by atoms with van der Waals surface area (Å²) in [7, 11) is 0. The Morgan fingerprint density at radius 2 is 2.11 bits per heavy atom. The van der Waals surface area contributed by atoms with E-state index in [2.05, 4.69) is 5.32 Å². The Hall–Kier alpha value is -1.27. The first kappa shape index (κ1) is 19.1. The second-order valence-corrected chi connectivity index (χ2v) is 9.39. The van der Waals surface area contributed by atoms with E-state index >= 15 is 0 Å². The van der Waals surface area contributed by atoms with Crippen molar-refractivity contribution >= 4 is 23.5 Å². The summed E-state index contributed by atoms with van der Waals surface area (Å²) < 4.78 is 11.1. The van der Waals surface area contributed by atoms with Gasteiger partial charge in [0, 0.05) is 0 Å². The predicted octanol–water partition coefficient (Wildman–Crippen LogP) is 3.86. The van der Waals surface area contributed by atoms with Crippen molar-refractivity contribution in [2.45, 2.75) is 80.4 Å². The highest BCUT2D eigenvalue weighted by Gasteiger charge is 2.55. The van der Waals surface area contributed by atoms with Crippen LogP contribution in [0.3, 0.4) is 0 Å². The molecule has 6 heteroatoms. The summed E-state index contributed by atoms with van der Waals surface area (Å²) in [6.45, 7) is 0.137. The van der Waals surface area contributed by atoms with Crippen molar-refractivity contribution in [3.63, 3.8) is 0 Å². The minimum absolute atomic E-state index is 0.00267. The zero-order chi connectivity index (χ0) is 18.7. The standard InChI is InChI=1S/C21H29NO4S/c23-18-13-26-19-9-4-10-21(18,19)22-20(24)17(12-15-6-2-1-3-7-15)27-14-16-8-5-11-25-16/h5,8,11,15,17,19H,1-4,6-7,9-10,12-14H2,(H,22,24). The quantitative estimate of drug-likeness (QED) is 0.764. The number of amides is 1. The molecule has 1 aliphatic heterocycles. The van der Waals surface area contributed by atoms with Gasteiger partial charge in [0.2, 0.25) is 5.91 Å². The Balaban J connectivity index is 1.44. The normalized spacial score (nSPS) is 29.6. The van der Waals surface area contributed by atoms with Gasteiger partial charge in [-0.3, -0.25) is 9.59 Å². The first-order chi connectivity index (χ1) is 13.2. The molecule has 3 atom stereocenters. The monoisotopic (exact) mass is 391 g/mol. The Labute approximate surface area is 165 Å². The van der Waals surface area contributed by atoms with Crippen LogP contribution >= 0.6 is 11.8 Å². The molecule has 0 bridgehead atoms. The van der Waals surface area contributed by atoms with Gasteiger partial charge >= 0.3 is 0 Å². The number of hydrogen-bond donors (Lipinski definition) is 1. The molecule has 3 fully saturated rings. The fraction of sp³-hybridized carbons (Fsp3) is 0.714. The van der Waals surface area contributed by atoms with Gasteiger partial charge in [-0.2, -0.15) is 0 Å². The lowest BCUT2D eigenvalue weighted by Gasteiger charge is -2.31. The molecule has 0 radical (unpaired) electrons. The summed E-state index contributed by atoms with van der Waals surface area (Å²) in [4.78, 5) is 25.8. The van der Waals surface area contributed by atoms with Crippen LogP contribution in [0.5, 0.6) is 0 Å². The maximum atomic E-state index is 13.2. The Morgan fingerprint density at radius 1 is 1.26 bits per heavy atom. The lowest BCUT2D eigenvalue weighted by molar-refractivity contribution is -0.129. The number of furan rings is 1. The molecular weight excluding hydrogens is 362 g/mol. The Kier molecular flexibility index (Phi) is 5.93. The van der Waals surface area contributed by atoms with Gasteiger partial charge in [-0.15, -0.1) is 11.8 Å². The molecule has 1 aromatic heterocycles. The molecule has 0 spiro atoms. The lowest BCUT2D eigenvalue weighted by Crippen LogP contribution is -2.58. The number of rotatable bonds is 7. The van der Waals surface area contributed by atoms with Crippen molar-refractivity contribution < 1.29 is 18.7 Å². The van der Waals surface area contributed by atoms with Crippen LogP contribution in [0, 0.1) is 5.92 Å². The predicted molar refractivity (Wildman–Crippen MR) is 104 cm³/mol. The summed E-state index contributed by atoms with van der Waals surface area (Å²) >= 11 is 1.64. The number of carbonyl (C=O) groups is 2. The molecule has 3 aliphatic rings. The fourth-order valence-corrected chi connectivity index (χ4v) is 6.04. The largest absolute Gasteiger partial charge is 0.468 e. The van der Waals surface area contributed by atoms with Crippen LogP contribution in [-0.2, 0) is 20.1 Å². The topological polar surface area (TPSA) is 68.5 Å². The van der Waals surface area contributed by atoms with Gasteiger partial charge in [0.05, 0.1) is 23.4 Å². The third-order valence-electron chi connectivity index (χ3n) is 6.42. The molecule has 3 unspecified atom stereocenters. The van der Waals surface area contributed by atoms with E-state index in [0.29, 0.717) is 18.1 Å². The number of ether oxygens (including phenoxy) is 1. The van der Waals surface area contributed by atoms with Crippen LogP contribution in [0.4, 0.5) is 0 Å². The zero-order valence-corrected chi connectivity index (χ0v) is 16.6. The third-order valence-corrected chi connectivity index (χ3v) is 7.68. The molecule has 27 heavy (non-hydrogen) atoms. The highest BCUT2D eigenvalue weighted by molar-refractivity contribution is 7.99. The smallest absolute Gasteiger partial charge is 0.234 e. The average molecular weight is 392 g/mol. The van der Waals surface area contributed by atoms with Gasteiger partial charge in [0.15, 0.2) is 5.78 Å². The SMILES string of the molecule is O=C(NC12CCCC1OCC2=O)C(CC1CCCCC1)SCc1ccco1. The molecule has 4 rings (SSSR count). The van der Waals surface area contributed by atoms with E-state index in [4.69, 9.17) is 9.15 Å². The lowest BCUT2D eigenvalue weighted by atomic mass is 9.85. The van der Waals surface area contributed by atoms with Crippen LogP contribution in [0.2, 0.25) is 0 Å². The van der Waals surface area contributed by atoms with Gasteiger partial charge in [-0.05, 0) is 43.7 Å². The zero-order valence-electron chi connectivity index (χ0n) is 15.8. The molecule has 0 aromatic carbocycles. The van der Waals surface area contributed by atoms with Crippen LogP contribution in [0.15, 0.2) is 22.8 Å². The van der Waals surface area contributed by atoms with E-state index in [9.17, 15) is 9.59 Å². The number of carbonyl (C=O) groups excluding carboxylic acids is 2. The van der Waals surface area contributed by atoms with Gasteiger partial charge < -0.3 is 14.5 Å². The van der Waals surface area contributed by atoms with Crippen LogP contribution in [-0.4, -0.2) is 35.2 Å². The van der Waals surface area contributed by atoms with Crippen molar-refractivity contribution in [3.05, 3.63) is 24.2 Å². The number of thioether (sulfide) groups is 1. The summed E-state index contributed by atoms with van der Waals surface area (Å²) in [5.41, 5.74) is -0.771. The summed E-state index contributed by atoms with van der Waals surface area (Å²) in [6.07, 6.45) is 11.2. The van der Waals surface area contributed by atoms with Crippen molar-refractivity contribution in [3.8, 4) is 0 Å². The van der Waals surface area contributed by atoms with E-state index in [1.807, 2.05) is 12.1 Å². The number of Topliss-reactive ketones (excluding diaryl/α,β-unsaturated/α-hetero) is 1. The van der Waals surface area contributed by atoms with E-state index in [-0.39, 0.29) is 29.7 Å². The molecule has 2 heterocycles. The highest BCUT2D eigenvalue weighted by Crippen LogP contribution is 2.39. The molecule has 1 aromatic rings. The van der Waals surface area contributed by atoms with Crippen LogP contribution in [0.1, 0.15) is 63.5 Å². The minimum atomic E-state index is -0.771. The van der Waals surface area contributed by atoms with Gasteiger partial charge in [0.25, 0.3) is 0 Å². The molecule has 1 saturated heterocycles. The van der Waals surface area contributed by atoms with Crippen molar-refractivity contribution in [1.82, 2.24) is 5.32 Å². The molecule has 5 nitrogen and oxygen atoms in total. The molecule has 1 N–H and O–H groups in total. The van der Waals surface area contributed by atoms with E-state index < -0.39 is 5.54 Å². The Bertz CT molecular complexity index is 655. The summed E-state index contributed by atoms with van der Waals surface area (Å²) in [6, 6.07) is 3.82. The molecule has 2 aliphatic carbocycles. The third kappa shape index (κ3) is 4.11. The summed E-state index contributed by atoms with van der Waals surface area (Å²) in [5, 5.41) is 3.01. The Morgan fingerprint density at radius 3 is 2.89 bits per heavy atom. The van der Waals surface area contributed by atoms with Crippen molar-refractivity contribution in [1.29, 1.82) is 0 Å². The van der Waals surface area contributed by atoms with E-state index in [1.54, 1.807) is 18.0 Å². The first-order valence-electron chi connectivity index (χ1n) is 10.3. The molecule has 148 valence electrons. The van der Waals surface area contributed by atoms with Gasteiger partial charge in [-0.1, -0.05) is 32.1 Å². The van der Waals surface area contributed by atoms with Crippen molar-refractivity contribution in [2.75, 3.05) is 6.61 Å². The molecule has 2 saturated carbocycles. The molecular formula is C21H29NO4S. The van der Waals surface area contributed by atoms with Gasteiger partial charge in [0.1, 0.15) is 17.9 Å². The van der Waals surface area contributed by atoms with E-state index in [0.717, 1.165) is 25.0 Å².